The summed E-state index contributed by atoms with van der Waals surface area (Å²) in [6.07, 6.45) is -0.881. The SMILES string of the molecule is CC(=O)NCc1ccc(C(=O)C(C)OC(=O)c2ccc(Br)cc2)s1. The van der Waals surface area contributed by atoms with Crippen molar-refractivity contribution in [3.8, 4) is 0 Å². The van der Waals surface area contributed by atoms with E-state index >= 15 is 0 Å². The molecule has 0 bridgehead atoms. The van der Waals surface area contributed by atoms with E-state index in [9.17, 15) is 14.4 Å². The molecule has 1 N–H and O–H groups in total. The van der Waals surface area contributed by atoms with E-state index in [0.717, 1.165) is 9.35 Å². The smallest absolute Gasteiger partial charge is 0.338 e. The standard InChI is InChI=1S/C17H16BrNO4S/c1-10(23-17(22)12-3-5-13(18)6-4-12)16(21)15-8-7-14(24-15)9-19-11(2)20/h3-8,10H,9H2,1-2H3,(H,19,20). The summed E-state index contributed by atoms with van der Waals surface area (Å²) in [5.41, 5.74) is 0.385. The zero-order chi connectivity index (χ0) is 17.7. The van der Waals surface area contributed by atoms with Crippen molar-refractivity contribution < 1.29 is 19.1 Å². The van der Waals surface area contributed by atoms with Crippen LogP contribution >= 0.6 is 27.3 Å². The van der Waals surface area contributed by atoms with Crippen molar-refractivity contribution in [3.05, 3.63) is 56.2 Å². The minimum Gasteiger partial charge on any atom is -0.451 e. The Morgan fingerprint density at radius 3 is 2.46 bits per heavy atom. The Bertz CT molecular complexity index is 754. The maximum Gasteiger partial charge on any atom is 0.338 e. The summed E-state index contributed by atoms with van der Waals surface area (Å²) >= 11 is 4.57. The minimum atomic E-state index is -0.881. The van der Waals surface area contributed by atoms with Crippen LogP contribution in [0.1, 0.15) is 38.8 Å². The fraction of sp³-hybridized carbons (Fsp3) is 0.235. The molecule has 2 rings (SSSR count). The molecule has 1 unspecified atom stereocenters. The fourth-order valence-corrected chi connectivity index (χ4v) is 3.12. The van der Waals surface area contributed by atoms with Gasteiger partial charge in [0.05, 0.1) is 17.0 Å². The van der Waals surface area contributed by atoms with Crippen LogP contribution in [-0.4, -0.2) is 23.8 Å². The van der Waals surface area contributed by atoms with Gasteiger partial charge in [-0.05, 0) is 43.3 Å². The molecule has 24 heavy (non-hydrogen) atoms. The van der Waals surface area contributed by atoms with Gasteiger partial charge in [0.25, 0.3) is 0 Å². The third-order valence-corrected chi connectivity index (χ3v) is 4.78. The van der Waals surface area contributed by atoms with E-state index in [1.165, 1.54) is 18.3 Å². The highest BCUT2D eigenvalue weighted by molar-refractivity contribution is 9.10. The van der Waals surface area contributed by atoms with Crippen LogP contribution in [0, 0.1) is 0 Å². The molecular weight excluding hydrogens is 394 g/mol. The summed E-state index contributed by atoms with van der Waals surface area (Å²) in [6, 6.07) is 10.2. The lowest BCUT2D eigenvalue weighted by atomic mass is 10.2. The largest absolute Gasteiger partial charge is 0.451 e. The number of benzene rings is 1. The van der Waals surface area contributed by atoms with Gasteiger partial charge in [-0.15, -0.1) is 11.3 Å². The molecule has 1 aromatic carbocycles. The maximum absolute atomic E-state index is 12.4. The van der Waals surface area contributed by atoms with E-state index in [2.05, 4.69) is 21.2 Å². The van der Waals surface area contributed by atoms with Gasteiger partial charge in [-0.2, -0.15) is 0 Å². The maximum atomic E-state index is 12.4. The molecule has 0 aliphatic rings. The van der Waals surface area contributed by atoms with Gasteiger partial charge < -0.3 is 10.1 Å². The molecule has 0 saturated heterocycles. The second-order valence-corrected chi connectivity index (χ2v) is 7.18. The highest BCUT2D eigenvalue weighted by Gasteiger charge is 2.22. The first kappa shape index (κ1) is 18.4. The van der Waals surface area contributed by atoms with Crippen LogP contribution in [0.4, 0.5) is 0 Å². The number of Topliss-reactive ketones (excluding diaryl/α,β-unsaturated/α-hetero) is 1. The van der Waals surface area contributed by atoms with Crippen LogP contribution < -0.4 is 5.32 Å². The number of rotatable bonds is 6. The Balaban J connectivity index is 1.97. The van der Waals surface area contributed by atoms with E-state index in [0.29, 0.717) is 17.0 Å². The fourth-order valence-electron chi connectivity index (χ4n) is 1.89. The Kier molecular flexibility index (Phi) is 6.28. The average Bonchev–Trinajstić information content (AvgIpc) is 3.01. The monoisotopic (exact) mass is 409 g/mol. The van der Waals surface area contributed by atoms with E-state index in [1.54, 1.807) is 43.3 Å². The van der Waals surface area contributed by atoms with Crippen LogP contribution in [0.3, 0.4) is 0 Å². The first-order chi connectivity index (χ1) is 11.4. The van der Waals surface area contributed by atoms with Crippen molar-refractivity contribution in [3.63, 3.8) is 0 Å². The predicted molar refractivity (Wildman–Crippen MR) is 95.2 cm³/mol. The van der Waals surface area contributed by atoms with Crippen molar-refractivity contribution >= 4 is 44.9 Å². The number of esters is 1. The number of hydrogen-bond donors (Lipinski definition) is 1. The van der Waals surface area contributed by atoms with E-state index in [4.69, 9.17) is 4.74 Å². The van der Waals surface area contributed by atoms with Crippen molar-refractivity contribution in [2.45, 2.75) is 26.5 Å². The lowest BCUT2D eigenvalue weighted by Crippen LogP contribution is -2.23. The van der Waals surface area contributed by atoms with Gasteiger partial charge in [0.1, 0.15) is 0 Å². The summed E-state index contributed by atoms with van der Waals surface area (Å²) in [5, 5.41) is 2.67. The highest BCUT2D eigenvalue weighted by atomic mass is 79.9. The van der Waals surface area contributed by atoms with Crippen LogP contribution in [0.25, 0.3) is 0 Å². The quantitative estimate of drug-likeness (QED) is 0.584. The molecule has 1 amide bonds. The summed E-state index contributed by atoms with van der Waals surface area (Å²) in [7, 11) is 0. The van der Waals surface area contributed by atoms with Gasteiger partial charge in [-0.1, -0.05) is 15.9 Å². The van der Waals surface area contributed by atoms with Gasteiger partial charge in [0.15, 0.2) is 6.10 Å². The zero-order valence-electron chi connectivity index (χ0n) is 13.2. The topological polar surface area (TPSA) is 72.5 Å². The van der Waals surface area contributed by atoms with Gasteiger partial charge in [0.2, 0.25) is 11.7 Å². The molecule has 0 fully saturated rings. The molecule has 1 heterocycles. The van der Waals surface area contributed by atoms with Gasteiger partial charge in [-0.25, -0.2) is 4.79 Å². The number of amides is 1. The molecule has 5 nitrogen and oxygen atoms in total. The molecule has 1 aromatic heterocycles. The van der Waals surface area contributed by atoms with Crippen LogP contribution in [-0.2, 0) is 16.1 Å². The van der Waals surface area contributed by atoms with Crippen molar-refractivity contribution in [2.75, 3.05) is 0 Å². The summed E-state index contributed by atoms with van der Waals surface area (Å²) < 4.78 is 6.09. The number of ketones is 1. The average molecular weight is 410 g/mol. The summed E-state index contributed by atoms with van der Waals surface area (Å²) in [5.74, 6) is -0.939. The molecule has 7 heteroatoms. The summed E-state index contributed by atoms with van der Waals surface area (Å²) in [4.78, 5) is 36.7. The molecule has 0 aliphatic heterocycles. The normalized spacial score (nSPS) is 11.6. The number of hydrogen-bond acceptors (Lipinski definition) is 5. The molecular formula is C17H16BrNO4S. The Morgan fingerprint density at radius 1 is 1.17 bits per heavy atom. The molecule has 0 aliphatic carbocycles. The zero-order valence-corrected chi connectivity index (χ0v) is 15.6. The number of carbonyl (C=O) groups is 3. The van der Waals surface area contributed by atoms with Crippen LogP contribution in [0.5, 0.6) is 0 Å². The highest BCUT2D eigenvalue weighted by Crippen LogP contribution is 2.20. The summed E-state index contributed by atoms with van der Waals surface area (Å²) in [6.45, 7) is 3.36. The Morgan fingerprint density at radius 2 is 1.83 bits per heavy atom. The van der Waals surface area contributed by atoms with Crippen LogP contribution in [0.2, 0.25) is 0 Å². The first-order valence-electron chi connectivity index (χ1n) is 7.20. The third kappa shape index (κ3) is 5.01. The van der Waals surface area contributed by atoms with Gasteiger partial charge in [-0.3, -0.25) is 9.59 Å². The third-order valence-electron chi connectivity index (χ3n) is 3.15. The molecule has 0 saturated carbocycles. The number of carbonyl (C=O) groups excluding carboxylic acids is 3. The Labute approximate surface area is 152 Å². The number of thiophene rings is 1. The van der Waals surface area contributed by atoms with Gasteiger partial charge in [0, 0.05) is 16.3 Å². The second-order valence-electron chi connectivity index (χ2n) is 5.09. The van der Waals surface area contributed by atoms with Gasteiger partial charge >= 0.3 is 5.97 Å². The lowest BCUT2D eigenvalue weighted by molar-refractivity contribution is -0.119. The molecule has 2 aromatic rings. The van der Waals surface area contributed by atoms with Crippen LogP contribution in [0.15, 0.2) is 40.9 Å². The molecule has 1 atom stereocenters. The van der Waals surface area contributed by atoms with E-state index in [-0.39, 0.29) is 11.7 Å². The van der Waals surface area contributed by atoms with E-state index in [1.807, 2.05) is 0 Å². The molecule has 0 radical (unpaired) electrons. The number of ether oxygens (including phenoxy) is 1. The Hall–Kier alpha value is -1.99. The predicted octanol–water partition coefficient (Wildman–Crippen LogP) is 3.57. The van der Waals surface area contributed by atoms with Crippen molar-refractivity contribution in [2.24, 2.45) is 0 Å². The number of nitrogens with one attached hydrogen (secondary N) is 1. The molecule has 126 valence electrons. The number of halogens is 1. The van der Waals surface area contributed by atoms with E-state index < -0.39 is 12.1 Å². The minimum absolute atomic E-state index is 0.131. The second kappa shape index (κ2) is 8.21. The van der Waals surface area contributed by atoms with Crippen molar-refractivity contribution in [1.29, 1.82) is 0 Å². The lowest BCUT2D eigenvalue weighted by Gasteiger charge is -2.11. The van der Waals surface area contributed by atoms with Crippen molar-refractivity contribution in [1.82, 2.24) is 5.32 Å². The molecule has 0 spiro atoms. The first-order valence-corrected chi connectivity index (χ1v) is 8.81.